The summed E-state index contributed by atoms with van der Waals surface area (Å²) in [6.45, 7) is 0. The number of hydrogen-bond acceptors (Lipinski definition) is 1. The summed E-state index contributed by atoms with van der Waals surface area (Å²) in [6.07, 6.45) is 2.85. The first kappa shape index (κ1) is 10.2. The molecular weight excluding hydrogens is 208 g/mol. The van der Waals surface area contributed by atoms with Crippen LogP contribution in [0.4, 0.5) is 8.78 Å². The van der Waals surface area contributed by atoms with E-state index < -0.39 is 11.5 Å². The van der Waals surface area contributed by atoms with Gasteiger partial charge in [-0.05, 0) is 18.9 Å². The predicted octanol–water partition coefficient (Wildman–Crippen LogP) is 2.90. The first-order chi connectivity index (χ1) is 7.67. The topological polar surface area (TPSA) is 12.0 Å². The second kappa shape index (κ2) is 3.52. The third-order valence-electron chi connectivity index (χ3n) is 3.83. The second-order valence-electron chi connectivity index (χ2n) is 4.99. The van der Waals surface area contributed by atoms with Crippen LogP contribution in [0.2, 0.25) is 0 Å². The number of nitrogens with one attached hydrogen (secondary N) is 1. The maximum Gasteiger partial charge on any atom is 0.141 e. The number of hydrogen-bond donors (Lipinski definition) is 1. The van der Waals surface area contributed by atoms with Gasteiger partial charge in [0.15, 0.2) is 0 Å². The van der Waals surface area contributed by atoms with Crippen LogP contribution in [0, 0.1) is 5.82 Å². The summed E-state index contributed by atoms with van der Waals surface area (Å²) in [5.74, 6) is -0.411. The van der Waals surface area contributed by atoms with E-state index in [0.29, 0.717) is 12.8 Å². The zero-order valence-corrected chi connectivity index (χ0v) is 9.05. The van der Waals surface area contributed by atoms with Crippen molar-refractivity contribution < 1.29 is 8.78 Å². The first-order valence-electron chi connectivity index (χ1n) is 5.87. The number of fused-ring (bicyclic) bond motifs is 2. The number of rotatable bonds is 1. The molecule has 2 unspecified atom stereocenters. The van der Waals surface area contributed by atoms with Gasteiger partial charge in [0.2, 0.25) is 0 Å². The molecule has 1 N–H and O–H groups in total. The van der Waals surface area contributed by atoms with Gasteiger partial charge in [-0.3, -0.25) is 0 Å². The highest BCUT2D eigenvalue weighted by Crippen LogP contribution is 2.44. The van der Waals surface area contributed by atoms with E-state index in [1.54, 1.807) is 18.2 Å². The number of piperidine rings is 1. The summed E-state index contributed by atoms with van der Waals surface area (Å²) in [5, 5.41) is 3.37. The van der Waals surface area contributed by atoms with Crippen molar-refractivity contribution in [1.82, 2.24) is 5.32 Å². The number of halogens is 2. The molecule has 3 rings (SSSR count). The van der Waals surface area contributed by atoms with Gasteiger partial charge in [0.25, 0.3) is 0 Å². The molecule has 2 aliphatic rings. The lowest BCUT2D eigenvalue weighted by Gasteiger charge is -2.35. The third-order valence-corrected chi connectivity index (χ3v) is 3.83. The van der Waals surface area contributed by atoms with Crippen LogP contribution in [0.1, 0.15) is 31.2 Å². The summed E-state index contributed by atoms with van der Waals surface area (Å²) in [7, 11) is 0. The van der Waals surface area contributed by atoms with Crippen molar-refractivity contribution in [2.24, 2.45) is 0 Å². The van der Waals surface area contributed by atoms with E-state index in [-0.39, 0.29) is 17.6 Å². The molecule has 0 radical (unpaired) electrons. The minimum atomic E-state index is -1.47. The van der Waals surface area contributed by atoms with E-state index in [9.17, 15) is 8.78 Å². The molecule has 0 saturated carbocycles. The van der Waals surface area contributed by atoms with Gasteiger partial charge in [0.05, 0.1) is 0 Å². The van der Waals surface area contributed by atoms with Crippen molar-refractivity contribution in [3.05, 3.63) is 35.6 Å². The molecule has 2 bridgehead atoms. The lowest BCUT2D eigenvalue weighted by Crippen LogP contribution is -2.44. The molecule has 0 spiro atoms. The normalized spacial score (nSPS) is 37.6. The molecule has 1 nitrogen and oxygen atoms in total. The fraction of sp³-hybridized carbons (Fsp3) is 0.538. The standard InChI is InChI=1S/C13H15F2N/c14-12-4-2-1-3-11(12)13(15)7-9-5-6-10(8-13)16-9/h1-4,9-10,16H,5-8H2. The van der Waals surface area contributed by atoms with Gasteiger partial charge < -0.3 is 5.32 Å². The van der Waals surface area contributed by atoms with Gasteiger partial charge in [-0.25, -0.2) is 8.78 Å². The lowest BCUT2D eigenvalue weighted by molar-refractivity contribution is 0.0833. The van der Waals surface area contributed by atoms with Gasteiger partial charge in [-0.15, -0.1) is 0 Å². The van der Waals surface area contributed by atoms with E-state index in [4.69, 9.17) is 0 Å². The molecule has 1 aromatic rings. The molecule has 2 heterocycles. The Labute approximate surface area is 93.9 Å². The Morgan fingerprint density at radius 3 is 2.38 bits per heavy atom. The molecule has 1 aromatic carbocycles. The van der Waals surface area contributed by atoms with E-state index in [2.05, 4.69) is 5.32 Å². The van der Waals surface area contributed by atoms with Crippen LogP contribution in [0.5, 0.6) is 0 Å². The molecule has 0 aromatic heterocycles. The summed E-state index contributed by atoms with van der Waals surface area (Å²) in [4.78, 5) is 0. The van der Waals surface area contributed by atoms with Gasteiger partial charge in [-0.2, -0.15) is 0 Å². The molecule has 86 valence electrons. The summed E-state index contributed by atoms with van der Waals surface area (Å²) in [5.41, 5.74) is -1.23. The Bertz CT molecular complexity index is 393. The second-order valence-corrected chi connectivity index (χ2v) is 4.99. The van der Waals surface area contributed by atoms with Gasteiger partial charge in [0, 0.05) is 30.5 Å². The van der Waals surface area contributed by atoms with Crippen LogP contribution in [-0.2, 0) is 5.67 Å². The average molecular weight is 223 g/mol. The summed E-state index contributed by atoms with van der Waals surface area (Å²) >= 11 is 0. The maximum absolute atomic E-state index is 14.8. The van der Waals surface area contributed by atoms with Crippen LogP contribution in [-0.4, -0.2) is 12.1 Å². The van der Waals surface area contributed by atoms with Crippen molar-refractivity contribution in [2.75, 3.05) is 0 Å². The smallest absolute Gasteiger partial charge is 0.141 e. The van der Waals surface area contributed by atoms with Crippen molar-refractivity contribution >= 4 is 0 Å². The number of alkyl halides is 1. The third kappa shape index (κ3) is 1.54. The molecule has 16 heavy (non-hydrogen) atoms. The fourth-order valence-corrected chi connectivity index (χ4v) is 3.13. The van der Waals surface area contributed by atoms with E-state index in [0.717, 1.165) is 12.8 Å². The molecule has 2 atom stereocenters. The van der Waals surface area contributed by atoms with Crippen LogP contribution >= 0.6 is 0 Å². The Balaban J connectivity index is 1.96. The lowest BCUT2D eigenvalue weighted by atomic mass is 9.83. The van der Waals surface area contributed by atoms with E-state index >= 15 is 0 Å². The Morgan fingerprint density at radius 1 is 1.12 bits per heavy atom. The largest absolute Gasteiger partial charge is 0.311 e. The molecule has 0 amide bonds. The van der Waals surface area contributed by atoms with Crippen molar-refractivity contribution in [3.63, 3.8) is 0 Å². The van der Waals surface area contributed by atoms with Gasteiger partial charge >= 0.3 is 0 Å². The van der Waals surface area contributed by atoms with E-state index in [1.807, 2.05) is 0 Å². The van der Waals surface area contributed by atoms with Crippen molar-refractivity contribution in [3.8, 4) is 0 Å². The molecule has 2 aliphatic heterocycles. The SMILES string of the molecule is Fc1ccccc1C1(F)CC2CCC(C1)N2. The molecule has 2 saturated heterocycles. The maximum atomic E-state index is 14.8. The highest BCUT2D eigenvalue weighted by atomic mass is 19.1. The fourth-order valence-electron chi connectivity index (χ4n) is 3.13. The van der Waals surface area contributed by atoms with E-state index in [1.165, 1.54) is 6.07 Å². The Hall–Kier alpha value is -0.960. The minimum absolute atomic E-state index is 0.225. The summed E-state index contributed by atoms with van der Waals surface area (Å²) in [6, 6.07) is 6.70. The van der Waals surface area contributed by atoms with Crippen LogP contribution in [0.3, 0.4) is 0 Å². The molecular formula is C13H15F2N. The minimum Gasteiger partial charge on any atom is -0.311 e. The number of benzene rings is 1. The Kier molecular flexibility index (Phi) is 2.25. The van der Waals surface area contributed by atoms with Crippen LogP contribution in [0.15, 0.2) is 24.3 Å². The van der Waals surface area contributed by atoms with Crippen molar-refractivity contribution in [1.29, 1.82) is 0 Å². The zero-order chi connectivity index (χ0) is 11.2. The first-order valence-corrected chi connectivity index (χ1v) is 5.87. The van der Waals surface area contributed by atoms with Gasteiger partial charge in [0.1, 0.15) is 11.5 Å². The Morgan fingerprint density at radius 2 is 1.75 bits per heavy atom. The molecule has 0 aliphatic carbocycles. The molecule has 2 fully saturated rings. The zero-order valence-electron chi connectivity index (χ0n) is 9.05. The monoisotopic (exact) mass is 223 g/mol. The highest BCUT2D eigenvalue weighted by molar-refractivity contribution is 5.26. The highest BCUT2D eigenvalue weighted by Gasteiger charge is 2.46. The van der Waals surface area contributed by atoms with Crippen molar-refractivity contribution in [2.45, 2.75) is 43.4 Å². The molecule has 3 heteroatoms. The van der Waals surface area contributed by atoms with Gasteiger partial charge in [-0.1, -0.05) is 18.2 Å². The average Bonchev–Trinajstić information content (AvgIpc) is 2.59. The predicted molar refractivity (Wildman–Crippen MR) is 58.4 cm³/mol. The quantitative estimate of drug-likeness (QED) is 0.772. The van der Waals surface area contributed by atoms with Crippen LogP contribution < -0.4 is 5.32 Å². The van der Waals surface area contributed by atoms with Crippen LogP contribution in [0.25, 0.3) is 0 Å². The summed E-state index contributed by atoms with van der Waals surface area (Å²) < 4.78 is 28.5.